The van der Waals surface area contributed by atoms with Crippen LogP contribution in [0.5, 0.6) is 0 Å². The normalized spacial score (nSPS) is 21.4. The van der Waals surface area contributed by atoms with Gasteiger partial charge in [-0.05, 0) is 51.2 Å². The van der Waals surface area contributed by atoms with Gasteiger partial charge in [-0.2, -0.15) is 0 Å². The molecule has 2 rings (SSSR count). The molecule has 106 valence electrons. The summed E-state index contributed by atoms with van der Waals surface area (Å²) in [5, 5.41) is 3.32. The quantitative estimate of drug-likeness (QED) is 0.894. The first kappa shape index (κ1) is 14.4. The standard InChI is InChI=1S/C16H27N3/c1-4-14-6-8-15(9-7-14)19-11-5-10-18(3)16(13-19)12-17-2/h6-9,16-17H,4-5,10-13H2,1-3H3. The lowest BCUT2D eigenvalue weighted by Crippen LogP contribution is -2.44. The molecule has 3 nitrogen and oxygen atoms in total. The number of likely N-dealkylation sites (N-methyl/N-ethyl adjacent to an activating group) is 2. The maximum Gasteiger partial charge on any atom is 0.0392 e. The summed E-state index contributed by atoms with van der Waals surface area (Å²) >= 11 is 0. The molecule has 1 aromatic carbocycles. The van der Waals surface area contributed by atoms with E-state index in [2.05, 4.69) is 53.4 Å². The third-order valence-electron chi connectivity index (χ3n) is 4.14. The molecule has 0 amide bonds. The molecule has 0 aliphatic carbocycles. The summed E-state index contributed by atoms with van der Waals surface area (Å²) < 4.78 is 0. The van der Waals surface area contributed by atoms with Crippen molar-refractivity contribution in [3.8, 4) is 0 Å². The Morgan fingerprint density at radius 2 is 1.95 bits per heavy atom. The lowest BCUT2D eigenvalue weighted by atomic mass is 10.1. The smallest absolute Gasteiger partial charge is 0.0392 e. The molecule has 0 saturated carbocycles. The van der Waals surface area contributed by atoms with Crippen molar-refractivity contribution in [3.05, 3.63) is 29.8 Å². The van der Waals surface area contributed by atoms with Crippen LogP contribution in [-0.2, 0) is 6.42 Å². The van der Waals surface area contributed by atoms with E-state index in [-0.39, 0.29) is 0 Å². The Bertz CT molecular complexity index is 374. The first-order valence-electron chi connectivity index (χ1n) is 7.43. The zero-order valence-electron chi connectivity index (χ0n) is 12.5. The van der Waals surface area contributed by atoms with Crippen molar-refractivity contribution in [3.63, 3.8) is 0 Å². The van der Waals surface area contributed by atoms with Gasteiger partial charge in [-0.3, -0.25) is 0 Å². The van der Waals surface area contributed by atoms with Crippen molar-refractivity contribution in [2.45, 2.75) is 25.8 Å². The van der Waals surface area contributed by atoms with Gasteiger partial charge in [0, 0.05) is 31.4 Å². The summed E-state index contributed by atoms with van der Waals surface area (Å²) in [6.07, 6.45) is 2.36. The van der Waals surface area contributed by atoms with E-state index in [4.69, 9.17) is 0 Å². The highest BCUT2D eigenvalue weighted by Crippen LogP contribution is 2.19. The summed E-state index contributed by atoms with van der Waals surface area (Å²) in [6, 6.07) is 9.67. The number of hydrogen-bond acceptors (Lipinski definition) is 3. The van der Waals surface area contributed by atoms with Gasteiger partial charge in [-0.25, -0.2) is 0 Å². The molecule has 0 bridgehead atoms. The summed E-state index contributed by atoms with van der Waals surface area (Å²) in [5.41, 5.74) is 2.79. The first-order valence-corrected chi connectivity index (χ1v) is 7.43. The number of aryl methyl sites for hydroxylation is 1. The molecule has 19 heavy (non-hydrogen) atoms. The van der Waals surface area contributed by atoms with E-state index in [9.17, 15) is 0 Å². The molecular formula is C16H27N3. The minimum atomic E-state index is 0.596. The topological polar surface area (TPSA) is 18.5 Å². The molecule has 1 saturated heterocycles. The van der Waals surface area contributed by atoms with Crippen LogP contribution in [-0.4, -0.2) is 51.2 Å². The van der Waals surface area contributed by atoms with Crippen LogP contribution >= 0.6 is 0 Å². The van der Waals surface area contributed by atoms with Gasteiger partial charge in [-0.15, -0.1) is 0 Å². The van der Waals surface area contributed by atoms with E-state index in [0.717, 1.165) is 26.1 Å². The molecule has 3 heteroatoms. The number of rotatable bonds is 4. The maximum atomic E-state index is 3.32. The van der Waals surface area contributed by atoms with Gasteiger partial charge in [-0.1, -0.05) is 19.1 Å². The summed E-state index contributed by atoms with van der Waals surface area (Å²) in [4.78, 5) is 5.02. The molecule has 1 aliphatic rings. The number of benzene rings is 1. The minimum Gasteiger partial charge on any atom is -0.370 e. The molecule has 0 radical (unpaired) electrons. The second-order valence-electron chi connectivity index (χ2n) is 5.51. The molecule has 0 spiro atoms. The minimum absolute atomic E-state index is 0.596. The average molecular weight is 261 g/mol. The Morgan fingerprint density at radius 3 is 2.58 bits per heavy atom. The van der Waals surface area contributed by atoms with Crippen LogP contribution in [0.2, 0.25) is 0 Å². The highest BCUT2D eigenvalue weighted by molar-refractivity contribution is 5.48. The lowest BCUT2D eigenvalue weighted by molar-refractivity contribution is 0.257. The van der Waals surface area contributed by atoms with Crippen LogP contribution < -0.4 is 10.2 Å². The van der Waals surface area contributed by atoms with Crippen molar-refractivity contribution in [2.75, 3.05) is 45.2 Å². The largest absolute Gasteiger partial charge is 0.370 e. The van der Waals surface area contributed by atoms with Crippen LogP contribution in [0.3, 0.4) is 0 Å². The molecule has 1 aliphatic heterocycles. The Labute approximate surface area is 117 Å². The van der Waals surface area contributed by atoms with E-state index in [1.165, 1.54) is 24.2 Å². The predicted octanol–water partition coefficient (Wildman–Crippen LogP) is 1.98. The van der Waals surface area contributed by atoms with E-state index in [1.54, 1.807) is 0 Å². The Kier molecular flexibility index (Phi) is 5.23. The summed E-state index contributed by atoms with van der Waals surface area (Å²) in [6.45, 7) is 6.73. The van der Waals surface area contributed by atoms with Gasteiger partial charge < -0.3 is 15.1 Å². The Hall–Kier alpha value is -1.06. The van der Waals surface area contributed by atoms with Gasteiger partial charge in [0.1, 0.15) is 0 Å². The fourth-order valence-electron chi connectivity index (χ4n) is 2.81. The first-order chi connectivity index (χ1) is 9.24. The van der Waals surface area contributed by atoms with E-state index < -0.39 is 0 Å². The van der Waals surface area contributed by atoms with Crippen LogP contribution in [0.1, 0.15) is 18.9 Å². The van der Waals surface area contributed by atoms with Crippen LogP contribution in [0, 0.1) is 0 Å². The van der Waals surface area contributed by atoms with E-state index in [0.29, 0.717) is 6.04 Å². The average Bonchev–Trinajstić information content (AvgIpc) is 2.62. The SMILES string of the molecule is CCc1ccc(N2CCCN(C)C(CNC)C2)cc1. The fourth-order valence-corrected chi connectivity index (χ4v) is 2.81. The zero-order chi connectivity index (χ0) is 13.7. The van der Waals surface area contributed by atoms with E-state index >= 15 is 0 Å². The second-order valence-corrected chi connectivity index (χ2v) is 5.51. The summed E-state index contributed by atoms with van der Waals surface area (Å²) in [7, 11) is 4.28. The molecule has 1 heterocycles. The van der Waals surface area contributed by atoms with Gasteiger partial charge in [0.2, 0.25) is 0 Å². The summed E-state index contributed by atoms with van der Waals surface area (Å²) in [5.74, 6) is 0. The number of nitrogens with one attached hydrogen (secondary N) is 1. The molecule has 0 aromatic heterocycles. The fraction of sp³-hybridized carbons (Fsp3) is 0.625. The van der Waals surface area contributed by atoms with Crippen LogP contribution in [0.25, 0.3) is 0 Å². The number of anilines is 1. The molecule has 1 aromatic rings. The number of nitrogens with zero attached hydrogens (tertiary/aromatic N) is 2. The van der Waals surface area contributed by atoms with Crippen molar-refractivity contribution in [1.82, 2.24) is 10.2 Å². The van der Waals surface area contributed by atoms with Gasteiger partial charge in [0.15, 0.2) is 0 Å². The number of hydrogen-bond donors (Lipinski definition) is 1. The highest BCUT2D eigenvalue weighted by atomic mass is 15.2. The lowest BCUT2D eigenvalue weighted by Gasteiger charge is -2.30. The Morgan fingerprint density at radius 1 is 1.21 bits per heavy atom. The van der Waals surface area contributed by atoms with Crippen LogP contribution in [0.15, 0.2) is 24.3 Å². The predicted molar refractivity (Wildman–Crippen MR) is 83.0 cm³/mol. The maximum absolute atomic E-state index is 3.32. The van der Waals surface area contributed by atoms with Crippen LogP contribution in [0.4, 0.5) is 5.69 Å². The van der Waals surface area contributed by atoms with Gasteiger partial charge in [0.25, 0.3) is 0 Å². The molecular weight excluding hydrogens is 234 g/mol. The molecule has 1 N–H and O–H groups in total. The van der Waals surface area contributed by atoms with Gasteiger partial charge in [0.05, 0.1) is 0 Å². The van der Waals surface area contributed by atoms with Crippen molar-refractivity contribution < 1.29 is 0 Å². The Balaban J connectivity index is 2.08. The van der Waals surface area contributed by atoms with E-state index in [1.807, 2.05) is 7.05 Å². The van der Waals surface area contributed by atoms with Crippen molar-refractivity contribution in [2.24, 2.45) is 0 Å². The second kappa shape index (κ2) is 6.92. The van der Waals surface area contributed by atoms with Gasteiger partial charge >= 0.3 is 0 Å². The monoisotopic (exact) mass is 261 g/mol. The molecule has 1 fully saturated rings. The molecule has 1 unspecified atom stereocenters. The van der Waals surface area contributed by atoms with Crippen molar-refractivity contribution >= 4 is 5.69 Å². The third kappa shape index (κ3) is 3.71. The molecule has 1 atom stereocenters. The highest BCUT2D eigenvalue weighted by Gasteiger charge is 2.21. The van der Waals surface area contributed by atoms with Crippen molar-refractivity contribution in [1.29, 1.82) is 0 Å². The zero-order valence-corrected chi connectivity index (χ0v) is 12.5. The third-order valence-corrected chi connectivity index (χ3v) is 4.14.